The van der Waals surface area contributed by atoms with E-state index >= 15 is 0 Å². The number of carbonyl (C=O) groups excluding carboxylic acids is 1. The molecule has 27 heavy (non-hydrogen) atoms. The molecule has 1 aliphatic carbocycles. The Hall–Kier alpha value is -3.10. The van der Waals surface area contributed by atoms with Crippen molar-refractivity contribution in [3.63, 3.8) is 0 Å². The number of anilines is 1. The van der Waals surface area contributed by atoms with Gasteiger partial charge in [0.25, 0.3) is 5.56 Å². The van der Waals surface area contributed by atoms with E-state index in [0.717, 1.165) is 35.5 Å². The van der Waals surface area contributed by atoms with Gasteiger partial charge in [-0.3, -0.25) is 14.6 Å². The summed E-state index contributed by atoms with van der Waals surface area (Å²) in [5.41, 5.74) is 1.14. The van der Waals surface area contributed by atoms with Gasteiger partial charge in [-0.2, -0.15) is 10.2 Å². The highest BCUT2D eigenvalue weighted by atomic mass is 19.1. The minimum Gasteiger partial charge on any atom is -0.323 e. The zero-order chi connectivity index (χ0) is 19.1. The van der Waals surface area contributed by atoms with Crippen LogP contribution in [0.3, 0.4) is 0 Å². The van der Waals surface area contributed by atoms with Crippen molar-refractivity contribution in [2.24, 2.45) is 0 Å². The molecular weight excluding hydrogens is 351 g/mol. The summed E-state index contributed by atoms with van der Waals surface area (Å²) >= 11 is 0. The predicted molar refractivity (Wildman–Crippen MR) is 96.1 cm³/mol. The Bertz CT molecular complexity index is 1080. The van der Waals surface area contributed by atoms with Crippen LogP contribution in [0.2, 0.25) is 0 Å². The number of fused-ring (bicyclic) bond motifs is 1. The number of aromatic nitrogens is 5. The van der Waals surface area contributed by atoms with Gasteiger partial charge in [0, 0.05) is 17.9 Å². The summed E-state index contributed by atoms with van der Waals surface area (Å²) in [7, 11) is 0. The Morgan fingerprint density at radius 2 is 2.07 bits per heavy atom. The van der Waals surface area contributed by atoms with Gasteiger partial charge in [0.05, 0.1) is 23.8 Å². The molecule has 1 fully saturated rings. The lowest BCUT2D eigenvalue weighted by Gasteiger charge is -2.11. The molecule has 8 nitrogen and oxygen atoms in total. The van der Waals surface area contributed by atoms with Gasteiger partial charge in [-0.25, -0.2) is 13.6 Å². The second-order valence-corrected chi connectivity index (χ2v) is 7.06. The topological polar surface area (TPSA) is 94.2 Å². The highest BCUT2D eigenvalue weighted by Crippen LogP contribution is 2.39. The van der Waals surface area contributed by atoms with E-state index < -0.39 is 11.7 Å². The van der Waals surface area contributed by atoms with E-state index in [1.54, 1.807) is 10.6 Å². The molecule has 1 N–H and O–H groups in total. The fourth-order valence-corrected chi connectivity index (χ4v) is 2.93. The number of hydrogen-bond acceptors (Lipinski definition) is 5. The Labute approximate surface area is 154 Å². The van der Waals surface area contributed by atoms with Gasteiger partial charge < -0.3 is 5.32 Å². The van der Waals surface area contributed by atoms with Crippen molar-refractivity contribution in [1.82, 2.24) is 24.4 Å². The smallest absolute Gasteiger partial charge is 0.293 e. The number of nitrogens with zero attached hydrogens (tertiary/aromatic N) is 5. The van der Waals surface area contributed by atoms with E-state index in [1.807, 2.05) is 13.8 Å². The summed E-state index contributed by atoms with van der Waals surface area (Å²) in [5, 5.41) is 11.4. The molecule has 0 bridgehead atoms. The van der Waals surface area contributed by atoms with E-state index in [4.69, 9.17) is 0 Å². The van der Waals surface area contributed by atoms with Crippen LogP contribution in [0, 0.1) is 5.82 Å². The summed E-state index contributed by atoms with van der Waals surface area (Å²) in [4.78, 5) is 28.8. The average Bonchev–Trinajstić information content (AvgIpc) is 3.36. The standard InChI is InChI=1S/C18H19FN6O2/c1-10(2)17-23-24(9-16(26)21-13-5-12(19)7-20-8-13)18(27)15-6-14(11-3-4-11)22-25(15)17/h5-8,10-11H,3-4,9H2,1-2H3,(H,21,26). The number of hydrogen-bond donors (Lipinski definition) is 1. The highest BCUT2D eigenvalue weighted by Gasteiger charge is 2.28. The number of amides is 1. The zero-order valence-electron chi connectivity index (χ0n) is 15.0. The lowest BCUT2D eigenvalue weighted by molar-refractivity contribution is -0.117. The van der Waals surface area contributed by atoms with Crippen LogP contribution in [0.25, 0.3) is 5.52 Å². The Kier molecular flexibility index (Phi) is 4.21. The second-order valence-electron chi connectivity index (χ2n) is 7.06. The molecule has 3 aromatic heterocycles. The van der Waals surface area contributed by atoms with Crippen molar-refractivity contribution in [2.45, 2.75) is 45.1 Å². The van der Waals surface area contributed by atoms with Gasteiger partial charge in [0.1, 0.15) is 17.9 Å². The highest BCUT2D eigenvalue weighted by molar-refractivity contribution is 5.90. The maximum absolute atomic E-state index is 13.2. The van der Waals surface area contributed by atoms with Crippen LogP contribution < -0.4 is 10.9 Å². The third kappa shape index (κ3) is 3.44. The molecule has 140 valence electrons. The van der Waals surface area contributed by atoms with Crippen molar-refractivity contribution in [3.8, 4) is 0 Å². The minimum absolute atomic E-state index is 0.0155. The molecule has 0 aromatic carbocycles. The van der Waals surface area contributed by atoms with Crippen molar-refractivity contribution in [1.29, 1.82) is 0 Å². The van der Waals surface area contributed by atoms with Gasteiger partial charge in [-0.05, 0) is 18.9 Å². The molecule has 0 aliphatic heterocycles. The van der Waals surface area contributed by atoms with Gasteiger partial charge in [-0.15, -0.1) is 0 Å². The van der Waals surface area contributed by atoms with Crippen LogP contribution in [0.15, 0.2) is 29.3 Å². The van der Waals surface area contributed by atoms with Crippen LogP contribution in [0.5, 0.6) is 0 Å². The summed E-state index contributed by atoms with van der Waals surface area (Å²) in [6.45, 7) is 3.62. The lowest BCUT2D eigenvalue weighted by Crippen LogP contribution is -2.32. The van der Waals surface area contributed by atoms with Gasteiger partial charge >= 0.3 is 0 Å². The minimum atomic E-state index is -0.557. The third-order valence-electron chi connectivity index (χ3n) is 4.42. The zero-order valence-corrected chi connectivity index (χ0v) is 15.0. The van der Waals surface area contributed by atoms with Crippen molar-refractivity contribution in [3.05, 3.63) is 52.2 Å². The van der Waals surface area contributed by atoms with Crippen molar-refractivity contribution in [2.75, 3.05) is 5.32 Å². The molecule has 0 atom stereocenters. The summed E-state index contributed by atoms with van der Waals surface area (Å²) in [5.74, 6) is -0.0171. The molecule has 4 rings (SSSR count). The number of halogens is 1. The first kappa shape index (κ1) is 17.3. The Morgan fingerprint density at radius 1 is 1.30 bits per heavy atom. The number of nitrogens with one attached hydrogen (secondary N) is 1. The molecule has 3 aromatic rings. The average molecular weight is 370 g/mol. The third-order valence-corrected chi connectivity index (χ3v) is 4.42. The summed E-state index contributed by atoms with van der Waals surface area (Å²) in [6, 6.07) is 2.95. The monoisotopic (exact) mass is 370 g/mol. The summed E-state index contributed by atoms with van der Waals surface area (Å²) < 4.78 is 15.9. The normalized spacial score (nSPS) is 14.1. The summed E-state index contributed by atoms with van der Waals surface area (Å²) in [6.07, 6.45) is 4.53. The van der Waals surface area contributed by atoms with Crippen molar-refractivity contribution < 1.29 is 9.18 Å². The van der Waals surface area contributed by atoms with Gasteiger partial charge in [-0.1, -0.05) is 13.8 Å². The molecule has 0 radical (unpaired) electrons. The van der Waals surface area contributed by atoms with E-state index in [-0.39, 0.29) is 23.7 Å². The van der Waals surface area contributed by atoms with Gasteiger partial charge in [0.2, 0.25) is 5.91 Å². The van der Waals surface area contributed by atoms with Crippen LogP contribution in [0.1, 0.15) is 50.0 Å². The number of rotatable bonds is 5. The van der Waals surface area contributed by atoms with Gasteiger partial charge in [0.15, 0.2) is 5.82 Å². The molecule has 1 aliphatic rings. The molecule has 0 unspecified atom stereocenters. The Balaban J connectivity index is 1.67. The quantitative estimate of drug-likeness (QED) is 0.742. The number of pyridine rings is 1. The largest absolute Gasteiger partial charge is 0.323 e. The van der Waals surface area contributed by atoms with Crippen LogP contribution in [-0.4, -0.2) is 30.3 Å². The van der Waals surface area contributed by atoms with Crippen molar-refractivity contribution >= 4 is 17.1 Å². The van der Waals surface area contributed by atoms with E-state index in [9.17, 15) is 14.0 Å². The predicted octanol–water partition coefficient (Wildman–Crippen LogP) is 2.06. The second kappa shape index (κ2) is 6.57. The fraction of sp³-hybridized carbons (Fsp3) is 0.389. The van der Waals surface area contributed by atoms with E-state index in [2.05, 4.69) is 20.5 Å². The first-order valence-corrected chi connectivity index (χ1v) is 8.83. The lowest BCUT2D eigenvalue weighted by atomic mass is 10.2. The van der Waals surface area contributed by atoms with Crippen LogP contribution >= 0.6 is 0 Å². The molecule has 9 heteroatoms. The van der Waals surface area contributed by atoms with Crippen LogP contribution in [-0.2, 0) is 11.3 Å². The molecule has 0 spiro atoms. The molecular formula is C18H19FN6O2. The SMILES string of the molecule is CC(C)c1nn(CC(=O)Nc2cncc(F)c2)c(=O)c2cc(C3CC3)nn12. The van der Waals surface area contributed by atoms with E-state index in [0.29, 0.717) is 17.3 Å². The van der Waals surface area contributed by atoms with E-state index in [1.165, 1.54) is 6.20 Å². The first-order chi connectivity index (χ1) is 12.9. The maximum Gasteiger partial charge on any atom is 0.293 e. The first-order valence-electron chi connectivity index (χ1n) is 8.83. The van der Waals surface area contributed by atoms with Crippen LogP contribution in [0.4, 0.5) is 10.1 Å². The fourth-order valence-electron chi connectivity index (χ4n) is 2.93. The maximum atomic E-state index is 13.2. The Morgan fingerprint density at radius 3 is 2.74 bits per heavy atom. The molecule has 0 saturated heterocycles. The number of carbonyl (C=O) groups is 1. The molecule has 1 amide bonds. The molecule has 1 saturated carbocycles. The molecule has 3 heterocycles.